The molecule has 0 amide bonds. The lowest BCUT2D eigenvalue weighted by molar-refractivity contribution is -0.0619. The topological polar surface area (TPSA) is 50.2 Å². The van der Waals surface area contributed by atoms with Crippen LogP contribution in [0, 0.1) is 11.8 Å². The summed E-state index contributed by atoms with van der Waals surface area (Å²) in [5, 5.41) is 5.87. The van der Waals surface area contributed by atoms with Crippen molar-refractivity contribution in [2.24, 2.45) is 16.9 Å². The fraction of sp³-hybridized carbons (Fsp3) is 0.500. The van der Waals surface area contributed by atoms with Crippen LogP contribution in [0.25, 0.3) is 0 Å². The summed E-state index contributed by atoms with van der Waals surface area (Å²) < 4.78 is 51.2. The van der Waals surface area contributed by atoms with Crippen molar-refractivity contribution in [1.29, 1.82) is 0 Å². The molecule has 0 N–H and O–H groups in total. The van der Waals surface area contributed by atoms with Gasteiger partial charge >= 0.3 is 6.18 Å². The van der Waals surface area contributed by atoms with E-state index >= 15 is 0 Å². The summed E-state index contributed by atoms with van der Waals surface area (Å²) in [7, 11) is 1.57. The molecule has 2 aromatic rings. The molecule has 4 atom stereocenters. The molecule has 0 spiro atoms. The summed E-state index contributed by atoms with van der Waals surface area (Å²) in [6, 6.07) is 8.54. The molecule has 1 saturated heterocycles. The number of hydrogen-bond acceptors (Lipinski definition) is 6. The van der Waals surface area contributed by atoms with Crippen molar-refractivity contribution in [1.82, 2.24) is 4.98 Å². The average Bonchev–Trinajstić information content (AvgIpc) is 3.11. The first-order valence-corrected chi connectivity index (χ1v) is 11.6. The molecule has 0 unspecified atom stereocenters. The van der Waals surface area contributed by atoms with Crippen LogP contribution in [0.3, 0.4) is 0 Å². The molecule has 1 aromatic heterocycles. The number of rotatable bonds is 5. The predicted molar refractivity (Wildman–Crippen MR) is 127 cm³/mol. The number of benzene rings is 1. The van der Waals surface area contributed by atoms with E-state index in [1.54, 1.807) is 51.4 Å². The third kappa shape index (κ3) is 4.89. The van der Waals surface area contributed by atoms with Crippen molar-refractivity contribution in [3.05, 3.63) is 41.6 Å². The third-order valence-electron chi connectivity index (χ3n) is 6.62. The maximum absolute atomic E-state index is 13.2. The Morgan fingerprint density at radius 1 is 1.12 bits per heavy atom. The van der Waals surface area contributed by atoms with Crippen molar-refractivity contribution in [3.63, 3.8) is 0 Å². The van der Waals surface area contributed by atoms with Crippen LogP contribution in [-0.4, -0.2) is 49.2 Å². The van der Waals surface area contributed by atoms with Crippen molar-refractivity contribution >= 4 is 28.7 Å². The van der Waals surface area contributed by atoms with Gasteiger partial charge in [0.2, 0.25) is 5.88 Å². The first-order chi connectivity index (χ1) is 16.1. The predicted octanol–water partition coefficient (Wildman–Crippen LogP) is 5.80. The van der Waals surface area contributed by atoms with Gasteiger partial charge in [0.25, 0.3) is 0 Å². The van der Waals surface area contributed by atoms with Gasteiger partial charge in [-0.05, 0) is 31.2 Å². The fourth-order valence-corrected chi connectivity index (χ4v) is 4.70. The maximum atomic E-state index is 13.2. The zero-order valence-electron chi connectivity index (χ0n) is 19.5. The summed E-state index contributed by atoms with van der Waals surface area (Å²) in [5.41, 5.74) is 0.749. The molecule has 0 bridgehead atoms. The minimum atomic E-state index is -4.43. The second-order valence-electron chi connectivity index (χ2n) is 8.90. The smallest absolute Gasteiger partial charge is 0.431 e. The summed E-state index contributed by atoms with van der Waals surface area (Å²) in [4.78, 5) is 6.33. The summed E-state index contributed by atoms with van der Waals surface area (Å²) >= 11 is 6.36. The largest absolute Gasteiger partial charge is 0.490 e. The number of halogens is 4. The van der Waals surface area contributed by atoms with Crippen LogP contribution in [0.2, 0.25) is 5.02 Å². The number of hydrogen-bond donors (Lipinski definition) is 0. The number of ether oxygens (including phenoxy) is 2. The molecule has 1 fully saturated rings. The molecule has 4 rings (SSSR count). The molecule has 0 radical (unpaired) electrons. The number of methoxy groups -OCH3 is 1. The van der Waals surface area contributed by atoms with Crippen molar-refractivity contribution < 1.29 is 22.6 Å². The Bertz CT molecular complexity index is 1050. The van der Waals surface area contributed by atoms with E-state index < -0.39 is 17.8 Å². The zero-order chi connectivity index (χ0) is 24.6. The van der Waals surface area contributed by atoms with E-state index in [0.29, 0.717) is 22.3 Å². The van der Waals surface area contributed by atoms with Gasteiger partial charge in [0.1, 0.15) is 17.6 Å². The number of pyridine rings is 1. The number of anilines is 2. The fourth-order valence-electron chi connectivity index (χ4n) is 4.48. The number of alkyl halides is 3. The summed E-state index contributed by atoms with van der Waals surface area (Å²) in [6.07, 6.45) is -2.04. The molecule has 6 nitrogen and oxygen atoms in total. The van der Waals surface area contributed by atoms with E-state index in [2.05, 4.69) is 21.9 Å². The van der Waals surface area contributed by atoms with Gasteiger partial charge in [-0.25, -0.2) is 4.98 Å². The zero-order valence-corrected chi connectivity index (χ0v) is 20.3. The van der Waals surface area contributed by atoms with Gasteiger partial charge in [-0.3, -0.25) is 5.01 Å². The monoisotopic (exact) mass is 496 g/mol. The summed E-state index contributed by atoms with van der Waals surface area (Å²) in [6.45, 7) is 6.94. The number of hydrazone groups is 1. The van der Waals surface area contributed by atoms with E-state index in [9.17, 15) is 13.2 Å². The molecule has 0 aliphatic carbocycles. The van der Waals surface area contributed by atoms with Crippen LogP contribution in [0.5, 0.6) is 11.6 Å². The standard InChI is InChI=1S/C24H28ClF3N4O2/c1-14-13-31(20-11-22(33-4)29-12-19(20)25)10-9-21(14)34-18-7-5-17(6-8-18)32-16(3)15(2)23(30-32)24(26,27)28/h5-8,11-12,14-16,21H,9-10,13H2,1-4H3/t14-,15+,16+,21-/m1/s1. The Balaban J connectivity index is 1.41. The number of piperidine rings is 1. The molecule has 2 aliphatic rings. The highest BCUT2D eigenvalue weighted by molar-refractivity contribution is 6.33. The van der Waals surface area contributed by atoms with Crippen LogP contribution >= 0.6 is 11.6 Å². The van der Waals surface area contributed by atoms with Gasteiger partial charge in [0.15, 0.2) is 0 Å². The van der Waals surface area contributed by atoms with Crippen LogP contribution in [0.1, 0.15) is 27.2 Å². The lowest BCUT2D eigenvalue weighted by Gasteiger charge is -2.38. The minimum Gasteiger partial charge on any atom is -0.490 e. The Morgan fingerprint density at radius 3 is 2.41 bits per heavy atom. The van der Waals surface area contributed by atoms with Crippen LogP contribution in [0.4, 0.5) is 24.5 Å². The van der Waals surface area contributed by atoms with E-state index in [0.717, 1.165) is 25.2 Å². The van der Waals surface area contributed by atoms with Crippen LogP contribution < -0.4 is 19.4 Å². The highest BCUT2D eigenvalue weighted by Crippen LogP contribution is 2.36. The highest BCUT2D eigenvalue weighted by Gasteiger charge is 2.46. The van der Waals surface area contributed by atoms with E-state index in [1.807, 2.05) is 6.07 Å². The molecule has 10 heteroatoms. The molecule has 34 heavy (non-hydrogen) atoms. The molecular formula is C24H28ClF3N4O2. The molecule has 1 aromatic carbocycles. The normalized spacial score (nSPS) is 25.4. The SMILES string of the molecule is COc1cc(N2CC[C@@H](Oc3ccc(N4N=C(C(F)(F)F)[C@@H](C)[C@@H]4C)cc3)[C@H](C)C2)c(Cl)cn1. The minimum absolute atomic E-state index is 0.00481. The van der Waals surface area contributed by atoms with Gasteiger partial charge in [0, 0.05) is 37.4 Å². The lowest BCUT2D eigenvalue weighted by atomic mass is 9.96. The van der Waals surface area contributed by atoms with Crippen LogP contribution in [0.15, 0.2) is 41.6 Å². The Morgan fingerprint density at radius 2 is 1.82 bits per heavy atom. The average molecular weight is 497 g/mol. The second-order valence-corrected chi connectivity index (χ2v) is 9.30. The molecule has 2 aliphatic heterocycles. The van der Waals surface area contributed by atoms with Crippen molar-refractivity contribution in [2.75, 3.05) is 30.1 Å². The molecule has 0 saturated carbocycles. The molecular weight excluding hydrogens is 469 g/mol. The maximum Gasteiger partial charge on any atom is 0.431 e. The Hall–Kier alpha value is -2.68. The quantitative estimate of drug-likeness (QED) is 0.523. The van der Waals surface area contributed by atoms with Gasteiger partial charge in [-0.1, -0.05) is 25.4 Å². The first-order valence-electron chi connectivity index (χ1n) is 11.2. The second kappa shape index (κ2) is 9.52. The Labute approximate surface area is 202 Å². The molecule has 3 heterocycles. The van der Waals surface area contributed by atoms with E-state index in [4.69, 9.17) is 21.1 Å². The highest BCUT2D eigenvalue weighted by atomic mass is 35.5. The van der Waals surface area contributed by atoms with Crippen molar-refractivity contribution in [2.45, 2.75) is 45.5 Å². The molecule has 184 valence electrons. The third-order valence-corrected chi connectivity index (χ3v) is 6.91. The number of nitrogens with zero attached hydrogens (tertiary/aromatic N) is 4. The van der Waals surface area contributed by atoms with Gasteiger partial charge in [-0.15, -0.1) is 0 Å². The van der Waals surface area contributed by atoms with Gasteiger partial charge < -0.3 is 14.4 Å². The summed E-state index contributed by atoms with van der Waals surface area (Å²) in [5.74, 6) is 0.717. The lowest BCUT2D eigenvalue weighted by Crippen LogP contribution is -2.44. The number of aromatic nitrogens is 1. The van der Waals surface area contributed by atoms with Crippen molar-refractivity contribution in [3.8, 4) is 11.6 Å². The van der Waals surface area contributed by atoms with E-state index in [1.165, 1.54) is 5.01 Å². The van der Waals surface area contributed by atoms with Crippen LogP contribution in [-0.2, 0) is 0 Å². The van der Waals surface area contributed by atoms with E-state index in [-0.39, 0.29) is 18.1 Å². The first kappa shape index (κ1) is 24.4. The Kier molecular flexibility index (Phi) is 6.85. The van der Waals surface area contributed by atoms with Gasteiger partial charge in [-0.2, -0.15) is 18.3 Å². The van der Waals surface area contributed by atoms with Gasteiger partial charge in [0.05, 0.1) is 35.7 Å².